The van der Waals surface area contributed by atoms with Crippen molar-refractivity contribution in [1.82, 2.24) is 0 Å². The zero-order valence-corrected chi connectivity index (χ0v) is 11.2. The van der Waals surface area contributed by atoms with Gasteiger partial charge >= 0.3 is 5.97 Å². The highest BCUT2D eigenvalue weighted by Gasteiger charge is 2.12. The molecule has 5 heteroatoms. The maximum Gasteiger partial charge on any atom is 0.335 e. The summed E-state index contributed by atoms with van der Waals surface area (Å²) in [5.74, 6) is -1.20. The highest BCUT2D eigenvalue weighted by atomic mass is 19.1. The number of benzene rings is 2. The molecule has 1 atom stereocenters. The minimum atomic E-state index is -0.996. The molecule has 0 amide bonds. The first-order valence-corrected chi connectivity index (χ1v) is 6.18. The molecule has 106 valence electrons. The van der Waals surface area contributed by atoms with Gasteiger partial charge in [-0.25, -0.2) is 14.0 Å². The second kappa shape index (κ2) is 6.06. The smallest absolute Gasteiger partial charge is 0.335 e. The normalized spacial score (nSPS) is 11.5. The summed E-state index contributed by atoms with van der Waals surface area (Å²) in [6.07, 6.45) is -0.390. The first kappa shape index (κ1) is 14.5. The van der Waals surface area contributed by atoms with Gasteiger partial charge in [-0.2, -0.15) is 0 Å². The number of carboxylic acid groups (broad SMARTS) is 1. The Bertz CT molecular complexity index is 704. The van der Waals surface area contributed by atoms with Crippen molar-refractivity contribution in [1.29, 1.82) is 0 Å². The van der Waals surface area contributed by atoms with Crippen molar-refractivity contribution in [2.24, 2.45) is 0 Å². The van der Waals surface area contributed by atoms with Gasteiger partial charge in [-0.3, -0.25) is 0 Å². The van der Waals surface area contributed by atoms with E-state index in [-0.39, 0.29) is 17.4 Å². The van der Waals surface area contributed by atoms with Crippen molar-refractivity contribution in [3.05, 3.63) is 70.8 Å². The Morgan fingerprint density at radius 3 is 2.52 bits per heavy atom. The molecule has 1 unspecified atom stereocenters. The number of ether oxygens (including phenoxy) is 1. The molecule has 2 aromatic carbocycles. The van der Waals surface area contributed by atoms with Crippen LogP contribution in [0.4, 0.5) is 10.1 Å². The minimum absolute atomic E-state index is 0.101. The Morgan fingerprint density at radius 2 is 1.95 bits per heavy atom. The van der Waals surface area contributed by atoms with E-state index in [1.54, 1.807) is 19.1 Å². The standard InChI is InChI=1S/C16H12FNO3/c1-10(11-3-5-12(6-4-11)16(19)20)21-15-8-7-13(17)9-14(15)18-2/h3-10H,1H3,(H,19,20). The van der Waals surface area contributed by atoms with Crippen LogP contribution in [-0.2, 0) is 0 Å². The van der Waals surface area contributed by atoms with Gasteiger partial charge in [0.15, 0.2) is 0 Å². The molecule has 0 radical (unpaired) electrons. The zero-order valence-electron chi connectivity index (χ0n) is 11.2. The molecule has 0 aromatic heterocycles. The molecular weight excluding hydrogens is 273 g/mol. The molecule has 0 aliphatic carbocycles. The average molecular weight is 285 g/mol. The first-order valence-electron chi connectivity index (χ1n) is 6.18. The van der Waals surface area contributed by atoms with E-state index in [9.17, 15) is 9.18 Å². The third kappa shape index (κ3) is 3.37. The second-order valence-corrected chi connectivity index (χ2v) is 4.41. The quantitative estimate of drug-likeness (QED) is 0.856. The molecule has 2 aromatic rings. The molecule has 1 N–H and O–H groups in total. The fourth-order valence-corrected chi connectivity index (χ4v) is 1.83. The molecule has 4 nitrogen and oxygen atoms in total. The molecule has 0 saturated carbocycles. The number of halogens is 1. The van der Waals surface area contributed by atoms with Gasteiger partial charge in [-0.05, 0) is 42.8 Å². The predicted molar refractivity (Wildman–Crippen MR) is 75.1 cm³/mol. The highest BCUT2D eigenvalue weighted by molar-refractivity contribution is 5.87. The van der Waals surface area contributed by atoms with Crippen LogP contribution < -0.4 is 4.74 Å². The summed E-state index contributed by atoms with van der Waals surface area (Å²) in [5.41, 5.74) is 1.05. The van der Waals surface area contributed by atoms with Gasteiger partial charge in [0.25, 0.3) is 0 Å². The van der Waals surface area contributed by atoms with Crippen molar-refractivity contribution in [3.8, 4) is 5.75 Å². The van der Waals surface area contributed by atoms with Crippen LogP contribution in [0.15, 0.2) is 42.5 Å². The number of hydrogen-bond acceptors (Lipinski definition) is 2. The van der Waals surface area contributed by atoms with Gasteiger partial charge in [0.1, 0.15) is 17.7 Å². The lowest BCUT2D eigenvalue weighted by atomic mass is 10.1. The van der Waals surface area contributed by atoms with Crippen LogP contribution >= 0.6 is 0 Å². The van der Waals surface area contributed by atoms with E-state index in [1.807, 2.05) is 0 Å². The molecule has 0 aliphatic heterocycles. The molecular formula is C16H12FNO3. The van der Waals surface area contributed by atoms with E-state index >= 15 is 0 Å². The fraction of sp³-hybridized carbons (Fsp3) is 0.125. The molecule has 0 saturated heterocycles. The SMILES string of the molecule is [C-]#[N+]c1cc(F)ccc1OC(C)c1ccc(C(=O)O)cc1. The van der Waals surface area contributed by atoms with Crippen LogP contribution in [0, 0.1) is 12.4 Å². The number of carboxylic acids is 1. The monoisotopic (exact) mass is 285 g/mol. The predicted octanol–water partition coefficient (Wildman–Crippen LogP) is 4.21. The van der Waals surface area contributed by atoms with E-state index in [2.05, 4.69) is 4.85 Å². The van der Waals surface area contributed by atoms with Crippen molar-refractivity contribution >= 4 is 11.7 Å². The maximum atomic E-state index is 13.1. The maximum absolute atomic E-state index is 13.1. The fourth-order valence-electron chi connectivity index (χ4n) is 1.83. The van der Waals surface area contributed by atoms with Crippen LogP contribution in [0.1, 0.15) is 28.9 Å². The van der Waals surface area contributed by atoms with Crippen molar-refractivity contribution in [2.45, 2.75) is 13.0 Å². The van der Waals surface area contributed by atoms with Crippen LogP contribution in [0.2, 0.25) is 0 Å². The topological polar surface area (TPSA) is 50.9 Å². The third-order valence-corrected chi connectivity index (χ3v) is 2.97. The number of nitrogens with zero attached hydrogens (tertiary/aromatic N) is 1. The van der Waals surface area contributed by atoms with Crippen molar-refractivity contribution < 1.29 is 19.0 Å². The number of aromatic carboxylic acids is 1. The summed E-state index contributed by atoms with van der Waals surface area (Å²) in [6, 6.07) is 10.0. The Kier molecular flexibility index (Phi) is 4.19. The molecule has 0 heterocycles. The lowest BCUT2D eigenvalue weighted by molar-refractivity contribution is 0.0696. The molecule has 0 aliphatic rings. The van der Waals surface area contributed by atoms with Gasteiger partial charge in [0, 0.05) is 0 Å². The van der Waals surface area contributed by atoms with Crippen LogP contribution in [0.5, 0.6) is 5.75 Å². The van der Waals surface area contributed by atoms with Gasteiger partial charge in [-0.1, -0.05) is 12.1 Å². The van der Waals surface area contributed by atoms with Gasteiger partial charge in [0.2, 0.25) is 5.69 Å². The summed E-state index contributed by atoms with van der Waals surface area (Å²) in [5, 5.41) is 8.84. The Balaban J connectivity index is 2.20. The molecule has 2 rings (SSSR count). The van der Waals surface area contributed by atoms with Crippen LogP contribution in [0.3, 0.4) is 0 Å². The Hall–Kier alpha value is -2.87. The van der Waals surface area contributed by atoms with Crippen LogP contribution in [-0.4, -0.2) is 11.1 Å². The molecule has 0 fully saturated rings. The molecule has 0 bridgehead atoms. The summed E-state index contributed by atoms with van der Waals surface area (Å²) in [6.45, 7) is 8.79. The van der Waals surface area contributed by atoms with Crippen molar-refractivity contribution in [3.63, 3.8) is 0 Å². The summed E-state index contributed by atoms with van der Waals surface area (Å²) in [7, 11) is 0. The molecule has 21 heavy (non-hydrogen) atoms. The summed E-state index contributed by atoms with van der Waals surface area (Å²) >= 11 is 0. The van der Waals surface area contributed by atoms with Crippen molar-refractivity contribution in [2.75, 3.05) is 0 Å². The summed E-state index contributed by atoms with van der Waals surface area (Å²) < 4.78 is 18.7. The van der Waals surface area contributed by atoms with E-state index in [0.717, 1.165) is 11.6 Å². The third-order valence-electron chi connectivity index (χ3n) is 2.97. The highest BCUT2D eigenvalue weighted by Crippen LogP contribution is 2.32. The average Bonchev–Trinajstić information content (AvgIpc) is 2.49. The van der Waals surface area contributed by atoms with Gasteiger partial charge in [0.05, 0.1) is 12.1 Å². The van der Waals surface area contributed by atoms with E-state index in [1.165, 1.54) is 24.3 Å². The summed E-state index contributed by atoms with van der Waals surface area (Å²) in [4.78, 5) is 14.0. The Labute approximate surface area is 121 Å². The van der Waals surface area contributed by atoms with Gasteiger partial charge in [-0.15, -0.1) is 0 Å². The number of carbonyl (C=O) groups is 1. The Morgan fingerprint density at radius 1 is 1.29 bits per heavy atom. The number of rotatable bonds is 4. The lowest BCUT2D eigenvalue weighted by Gasteiger charge is -2.16. The van der Waals surface area contributed by atoms with E-state index in [4.69, 9.17) is 16.4 Å². The lowest BCUT2D eigenvalue weighted by Crippen LogP contribution is -2.04. The first-order chi connectivity index (χ1) is 10.0. The largest absolute Gasteiger partial charge is 0.497 e. The van der Waals surface area contributed by atoms with Crippen LogP contribution in [0.25, 0.3) is 4.85 Å². The van der Waals surface area contributed by atoms with Gasteiger partial charge < -0.3 is 9.84 Å². The zero-order chi connectivity index (χ0) is 15.4. The molecule has 0 spiro atoms. The second-order valence-electron chi connectivity index (χ2n) is 4.41. The van der Waals surface area contributed by atoms with E-state index in [0.29, 0.717) is 5.75 Å². The van der Waals surface area contributed by atoms with E-state index < -0.39 is 11.8 Å². The number of hydrogen-bond donors (Lipinski definition) is 1. The minimum Gasteiger partial charge on any atom is -0.497 e.